The minimum absolute atomic E-state index is 0.248. The van der Waals surface area contributed by atoms with Gasteiger partial charge >= 0.3 is 0 Å². The van der Waals surface area contributed by atoms with Gasteiger partial charge in [0.1, 0.15) is 0 Å². The molecule has 2 heteroatoms. The number of halogens is 1. The molecular formula is C6H14ClN. The first-order chi connectivity index (χ1) is 3.63. The molecule has 0 saturated heterocycles. The van der Waals surface area contributed by atoms with E-state index in [1.54, 1.807) is 0 Å². The number of nitrogens with one attached hydrogen (secondary N) is 1. The molecule has 1 atom stereocenters. The zero-order chi connectivity index (χ0) is 6.57. The fourth-order valence-corrected chi connectivity index (χ4v) is 0.487. The summed E-state index contributed by atoms with van der Waals surface area (Å²) in [6.07, 6.45) is 0. The zero-order valence-corrected chi connectivity index (χ0v) is 6.50. The van der Waals surface area contributed by atoms with Gasteiger partial charge in [0, 0.05) is 18.0 Å². The Hall–Kier alpha value is 0.250. The summed E-state index contributed by atoms with van der Waals surface area (Å²) in [5.41, 5.74) is 0. The standard InChI is InChI=1S/C6H14ClN/c1-5(2)8-4-6(3)7/h5-6,8H,4H2,1-3H3. The molecule has 0 heterocycles. The average Bonchev–Trinajstić information content (AvgIpc) is 1.61. The Morgan fingerprint density at radius 1 is 1.38 bits per heavy atom. The van der Waals surface area contributed by atoms with Crippen molar-refractivity contribution in [1.29, 1.82) is 0 Å². The fraction of sp³-hybridized carbons (Fsp3) is 1.00. The van der Waals surface area contributed by atoms with E-state index < -0.39 is 0 Å². The Morgan fingerprint density at radius 2 is 1.88 bits per heavy atom. The summed E-state index contributed by atoms with van der Waals surface area (Å²) in [7, 11) is 0. The molecule has 0 amide bonds. The number of hydrogen-bond acceptors (Lipinski definition) is 1. The van der Waals surface area contributed by atoms with Crippen molar-refractivity contribution in [3.8, 4) is 0 Å². The SMILES string of the molecule is CC(Cl)CNC(C)C. The van der Waals surface area contributed by atoms with E-state index >= 15 is 0 Å². The summed E-state index contributed by atoms with van der Waals surface area (Å²) in [6, 6.07) is 0.552. The highest BCUT2D eigenvalue weighted by molar-refractivity contribution is 6.20. The highest BCUT2D eigenvalue weighted by atomic mass is 35.5. The van der Waals surface area contributed by atoms with Crippen LogP contribution in [0.4, 0.5) is 0 Å². The van der Waals surface area contributed by atoms with Crippen LogP contribution in [0.3, 0.4) is 0 Å². The van der Waals surface area contributed by atoms with Crippen LogP contribution in [0.15, 0.2) is 0 Å². The van der Waals surface area contributed by atoms with Gasteiger partial charge in [0.05, 0.1) is 0 Å². The number of hydrogen-bond donors (Lipinski definition) is 1. The van der Waals surface area contributed by atoms with Gasteiger partial charge in [-0.2, -0.15) is 0 Å². The molecular weight excluding hydrogens is 122 g/mol. The van der Waals surface area contributed by atoms with Crippen LogP contribution in [-0.4, -0.2) is 18.0 Å². The molecule has 0 aliphatic carbocycles. The van der Waals surface area contributed by atoms with E-state index in [4.69, 9.17) is 11.6 Å². The summed E-state index contributed by atoms with van der Waals surface area (Å²) >= 11 is 5.66. The lowest BCUT2D eigenvalue weighted by molar-refractivity contribution is 0.587. The van der Waals surface area contributed by atoms with E-state index in [1.807, 2.05) is 6.92 Å². The monoisotopic (exact) mass is 135 g/mol. The molecule has 0 aromatic heterocycles. The van der Waals surface area contributed by atoms with Crippen LogP contribution in [0.5, 0.6) is 0 Å². The van der Waals surface area contributed by atoms with Gasteiger partial charge in [-0.25, -0.2) is 0 Å². The van der Waals surface area contributed by atoms with E-state index in [2.05, 4.69) is 19.2 Å². The molecule has 0 aliphatic rings. The van der Waals surface area contributed by atoms with Crippen molar-refractivity contribution in [2.75, 3.05) is 6.54 Å². The predicted octanol–water partition coefficient (Wildman–Crippen LogP) is 1.61. The smallest absolute Gasteiger partial charge is 0.0432 e. The molecule has 0 saturated carbocycles. The van der Waals surface area contributed by atoms with Gasteiger partial charge in [-0.05, 0) is 6.92 Å². The van der Waals surface area contributed by atoms with Crippen LogP contribution in [0.25, 0.3) is 0 Å². The minimum Gasteiger partial charge on any atom is -0.313 e. The van der Waals surface area contributed by atoms with Crippen LogP contribution in [0, 0.1) is 0 Å². The largest absolute Gasteiger partial charge is 0.313 e. The van der Waals surface area contributed by atoms with Gasteiger partial charge < -0.3 is 5.32 Å². The van der Waals surface area contributed by atoms with E-state index in [9.17, 15) is 0 Å². The zero-order valence-electron chi connectivity index (χ0n) is 5.74. The van der Waals surface area contributed by atoms with E-state index in [0.29, 0.717) is 6.04 Å². The summed E-state index contributed by atoms with van der Waals surface area (Å²) in [4.78, 5) is 0. The Labute approximate surface area is 56.4 Å². The Kier molecular flexibility index (Phi) is 4.29. The third kappa shape index (κ3) is 6.25. The molecule has 0 radical (unpaired) electrons. The van der Waals surface area contributed by atoms with Crippen molar-refractivity contribution in [3.63, 3.8) is 0 Å². The second-order valence-corrected chi connectivity index (χ2v) is 3.09. The summed E-state index contributed by atoms with van der Waals surface area (Å²) in [5.74, 6) is 0. The molecule has 50 valence electrons. The molecule has 0 spiro atoms. The topological polar surface area (TPSA) is 12.0 Å². The molecule has 0 bridgehead atoms. The highest BCUT2D eigenvalue weighted by Gasteiger charge is 1.95. The van der Waals surface area contributed by atoms with Crippen LogP contribution >= 0.6 is 11.6 Å². The summed E-state index contributed by atoms with van der Waals surface area (Å²) < 4.78 is 0. The molecule has 0 fully saturated rings. The first kappa shape index (κ1) is 8.25. The predicted molar refractivity (Wildman–Crippen MR) is 38.5 cm³/mol. The van der Waals surface area contributed by atoms with E-state index in [-0.39, 0.29) is 5.38 Å². The molecule has 0 aromatic rings. The van der Waals surface area contributed by atoms with Gasteiger partial charge in [-0.1, -0.05) is 13.8 Å². The van der Waals surface area contributed by atoms with E-state index in [1.165, 1.54) is 0 Å². The fourth-order valence-electron chi connectivity index (χ4n) is 0.398. The maximum Gasteiger partial charge on any atom is 0.0432 e. The second kappa shape index (κ2) is 4.16. The van der Waals surface area contributed by atoms with Crippen molar-refractivity contribution in [3.05, 3.63) is 0 Å². The lowest BCUT2D eigenvalue weighted by Crippen LogP contribution is -2.27. The molecule has 1 N–H and O–H groups in total. The van der Waals surface area contributed by atoms with Gasteiger partial charge in [0.25, 0.3) is 0 Å². The van der Waals surface area contributed by atoms with Crippen molar-refractivity contribution in [1.82, 2.24) is 5.32 Å². The average molecular weight is 136 g/mol. The van der Waals surface area contributed by atoms with Gasteiger partial charge in [-0.15, -0.1) is 11.6 Å². The molecule has 1 unspecified atom stereocenters. The van der Waals surface area contributed by atoms with Crippen molar-refractivity contribution < 1.29 is 0 Å². The summed E-state index contributed by atoms with van der Waals surface area (Å²) in [5, 5.41) is 3.46. The molecule has 1 nitrogen and oxygen atoms in total. The summed E-state index contributed by atoms with van der Waals surface area (Å²) in [6.45, 7) is 7.11. The second-order valence-electron chi connectivity index (χ2n) is 2.34. The van der Waals surface area contributed by atoms with Crippen LogP contribution in [0.2, 0.25) is 0 Å². The van der Waals surface area contributed by atoms with Crippen LogP contribution < -0.4 is 5.32 Å². The van der Waals surface area contributed by atoms with Crippen LogP contribution in [0.1, 0.15) is 20.8 Å². The molecule has 8 heavy (non-hydrogen) atoms. The van der Waals surface area contributed by atoms with Crippen molar-refractivity contribution >= 4 is 11.6 Å². The van der Waals surface area contributed by atoms with E-state index in [0.717, 1.165) is 6.54 Å². The minimum atomic E-state index is 0.248. The van der Waals surface area contributed by atoms with Gasteiger partial charge in [0.15, 0.2) is 0 Å². The maximum absolute atomic E-state index is 5.66. The first-order valence-electron chi connectivity index (χ1n) is 3.00. The Morgan fingerprint density at radius 3 is 2.00 bits per heavy atom. The lowest BCUT2D eigenvalue weighted by Gasteiger charge is -2.07. The number of alkyl halides is 1. The van der Waals surface area contributed by atoms with Crippen molar-refractivity contribution in [2.45, 2.75) is 32.2 Å². The third-order valence-corrected chi connectivity index (χ3v) is 0.962. The molecule has 0 aliphatic heterocycles. The molecule has 0 aromatic carbocycles. The number of rotatable bonds is 3. The quantitative estimate of drug-likeness (QED) is 0.580. The van der Waals surface area contributed by atoms with Gasteiger partial charge in [-0.3, -0.25) is 0 Å². The van der Waals surface area contributed by atoms with Gasteiger partial charge in [0.2, 0.25) is 0 Å². The first-order valence-corrected chi connectivity index (χ1v) is 3.44. The van der Waals surface area contributed by atoms with Crippen LogP contribution in [-0.2, 0) is 0 Å². The van der Waals surface area contributed by atoms with Crippen molar-refractivity contribution in [2.24, 2.45) is 0 Å². The third-order valence-electron chi connectivity index (χ3n) is 0.807. The lowest BCUT2D eigenvalue weighted by atomic mass is 10.4. The molecule has 0 rings (SSSR count). The Balaban J connectivity index is 2.93. The Bertz CT molecular complexity index is 44.5. The highest BCUT2D eigenvalue weighted by Crippen LogP contribution is 1.89. The maximum atomic E-state index is 5.66. The normalized spacial score (nSPS) is 14.6.